The van der Waals surface area contributed by atoms with E-state index in [1.807, 2.05) is 42.0 Å². The van der Waals surface area contributed by atoms with Gasteiger partial charge < -0.3 is 18.8 Å². The predicted molar refractivity (Wildman–Crippen MR) is 107 cm³/mol. The van der Waals surface area contributed by atoms with Crippen LogP contribution in [-0.4, -0.2) is 34.7 Å². The van der Waals surface area contributed by atoms with Gasteiger partial charge in [-0.1, -0.05) is 30.3 Å². The lowest BCUT2D eigenvalue weighted by Crippen LogP contribution is -2.37. The van der Waals surface area contributed by atoms with Crippen LogP contribution in [0.15, 0.2) is 67.3 Å². The fourth-order valence-electron chi connectivity index (χ4n) is 3.54. The minimum Gasteiger partial charge on any atom is -0.491 e. The molecule has 0 saturated carbocycles. The zero-order valence-corrected chi connectivity index (χ0v) is 16.5. The molecule has 0 radical (unpaired) electrons. The quantitative estimate of drug-likeness (QED) is 0.574. The smallest absolute Gasteiger partial charge is 0.187 e. The maximum Gasteiger partial charge on any atom is 0.187 e. The lowest BCUT2D eigenvalue weighted by atomic mass is 10.0. The molecule has 4 rings (SSSR count). The number of ether oxygens (including phenoxy) is 3. The van der Waals surface area contributed by atoms with Gasteiger partial charge in [0, 0.05) is 18.8 Å². The highest BCUT2D eigenvalue weighted by molar-refractivity contribution is 5.31. The van der Waals surface area contributed by atoms with E-state index in [-0.39, 0.29) is 11.9 Å². The van der Waals surface area contributed by atoms with Gasteiger partial charge in [-0.15, -0.1) is 0 Å². The highest BCUT2D eigenvalue weighted by Gasteiger charge is 2.42. The molecule has 1 aromatic heterocycles. The lowest BCUT2D eigenvalue weighted by Gasteiger charge is -2.28. The molecule has 0 spiro atoms. The van der Waals surface area contributed by atoms with Gasteiger partial charge in [-0.25, -0.2) is 9.37 Å². The van der Waals surface area contributed by atoms with Gasteiger partial charge in [0.2, 0.25) is 0 Å². The van der Waals surface area contributed by atoms with E-state index < -0.39 is 5.79 Å². The molecule has 2 unspecified atom stereocenters. The molecule has 6 heteroatoms. The SMILES string of the molecule is Cc1ccccc1OCC1COC(CCc2ccc(F)cc2)(Cn2ccnc2)O1. The zero-order valence-electron chi connectivity index (χ0n) is 16.5. The zero-order chi connectivity index (χ0) is 20.1. The van der Waals surface area contributed by atoms with Crippen molar-refractivity contribution in [2.24, 2.45) is 0 Å². The van der Waals surface area contributed by atoms with E-state index in [0.29, 0.717) is 26.2 Å². The second kappa shape index (κ2) is 8.76. The normalized spacial score (nSPS) is 21.4. The average molecular weight is 396 g/mol. The first-order chi connectivity index (χ1) is 14.1. The predicted octanol–water partition coefficient (Wildman–Crippen LogP) is 4.15. The van der Waals surface area contributed by atoms with Crippen LogP contribution in [0.25, 0.3) is 0 Å². The van der Waals surface area contributed by atoms with Crippen molar-refractivity contribution in [2.75, 3.05) is 13.2 Å². The first-order valence-electron chi connectivity index (χ1n) is 9.82. The number of para-hydroxylation sites is 1. The molecule has 29 heavy (non-hydrogen) atoms. The average Bonchev–Trinajstić information content (AvgIpc) is 3.38. The molecule has 1 aliphatic heterocycles. The van der Waals surface area contributed by atoms with E-state index in [2.05, 4.69) is 4.98 Å². The highest BCUT2D eigenvalue weighted by Crippen LogP contribution is 2.31. The van der Waals surface area contributed by atoms with Crippen LogP contribution in [0.4, 0.5) is 4.39 Å². The summed E-state index contributed by atoms with van der Waals surface area (Å²) in [6.45, 7) is 3.44. The Morgan fingerprint density at radius 1 is 1.21 bits per heavy atom. The Labute approximate surface area is 170 Å². The van der Waals surface area contributed by atoms with Gasteiger partial charge in [-0.2, -0.15) is 0 Å². The van der Waals surface area contributed by atoms with E-state index in [4.69, 9.17) is 14.2 Å². The Kier molecular flexibility index (Phi) is 5.92. The molecule has 0 amide bonds. The van der Waals surface area contributed by atoms with Crippen LogP contribution in [-0.2, 0) is 22.4 Å². The molecule has 3 aromatic rings. The summed E-state index contributed by atoms with van der Waals surface area (Å²) in [6.07, 6.45) is 6.60. The van der Waals surface area contributed by atoms with Crippen molar-refractivity contribution in [3.8, 4) is 5.75 Å². The number of imidazole rings is 1. The third-order valence-corrected chi connectivity index (χ3v) is 5.12. The minimum absolute atomic E-state index is 0.161. The lowest BCUT2D eigenvalue weighted by molar-refractivity contribution is -0.184. The van der Waals surface area contributed by atoms with Crippen molar-refractivity contribution in [1.82, 2.24) is 9.55 Å². The first-order valence-corrected chi connectivity index (χ1v) is 9.82. The Morgan fingerprint density at radius 2 is 2.03 bits per heavy atom. The van der Waals surface area contributed by atoms with Crippen molar-refractivity contribution in [3.05, 3.63) is 84.2 Å². The van der Waals surface area contributed by atoms with Crippen LogP contribution in [0.1, 0.15) is 17.5 Å². The molecule has 0 bridgehead atoms. The second-order valence-corrected chi connectivity index (χ2v) is 7.40. The standard InChI is InChI=1S/C23H25FN2O3/c1-18-4-2-3-5-22(18)27-14-21-15-28-23(29-21,16-26-13-12-25-17-26)11-10-19-6-8-20(24)9-7-19/h2-9,12-13,17,21H,10-11,14-16H2,1H3. The summed E-state index contributed by atoms with van der Waals surface area (Å²) in [5.41, 5.74) is 2.13. The van der Waals surface area contributed by atoms with Crippen molar-refractivity contribution >= 4 is 0 Å². The Morgan fingerprint density at radius 3 is 2.79 bits per heavy atom. The third-order valence-electron chi connectivity index (χ3n) is 5.12. The molecule has 0 aliphatic carbocycles. The number of hydrogen-bond donors (Lipinski definition) is 0. The van der Waals surface area contributed by atoms with Crippen LogP contribution >= 0.6 is 0 Å². The molecule has 5 nitrogen and oxygen atoms in total. The molecule has 0 N–H and O–H groups in total. The number of aromatic nitrogens is 2. The number of aryl methyl sites for hydroxylation is 2. The molecule has 2 heterocycles. The van der Waals surface area contributed by atoms with Crippen LogP contribution in [0.5, 0.6) is 5.75 Å². The van der Waals surface area contributed by atoms with E-state index in [0.717, 1.165) is 23.3 Å². The molecule has 2 atom stereocenters. The second-order valence-electron chi connectivity index (χ2n) is 7.40. The summed E-state index contributed by atoms with van der Waals surface area (Å²) in [7, 11) is 0. The molecule has 1 fully saturated rings. The summed E-state index contributed by atoms with van der Waals surface area (Å²) < 4.78 is 33.6. The maximum atomic E-state index is 13.2. The third kappa shape index (κ3) is 5.02. The fraction of sp³-hybridized carbons (Fsp3) is 0.348. The summed E-state index contributed by atoms with van der Waals surface area (Å²) in [5.74, 6) is -0.146. The monoisotopic (exact) mass is 396 g/mol. The Bertz CT molecular complexity index is 914. The van der Waals surface area contributed by atoms with Gasteiger partial charge in [0.1, 0.15) is 24.3 Å². The highest BCUT2D eigenvalue weighted by atomic mass is 19.1. The number of rotatable bonds is 8. The number of halogens is 1. The topological polar surface area (TPSA) is 45.5 Å². The summed E-state index contributed by atoms with van der Waals surface area (Å²) in [6, 6.07) is 14.5. The molecular weight excluding hydrogens is 371 g/mol. The van der Waals surface area contributed by atoms with Crippen molar-refractivity contribution in [1.29, 1.82) is 0 Å². The minimum atomic E-state index is -0.769. The van der Waals surface area contributed by atoms with Gasteiger partial charge in [0.25, 0.3) is 0 Å². The first kappa shape index (κ1) is 19.6. The Balaban J connectivity index is 1.41. The fourth-order valence-corrected chi connectivity index (χ4v) is 3.54. The van der Waals surface area contributed by atoms with Gasteiger partial charge in [-0.3, -0.25) is 0 Å². The van der Waals surface area contributed by atoms with Crippen molar-refractivity contribution in [3.63, 3.8) is 0 Å². The van der Waals surface area contributed by atoms with Gasteiger partial charge in [0.15, 0.2) is 5.79 Å². The van der Waals surface area contributed by atoms with Gasteiger partial charge in [0.05, 0.1) is 19.5 Å². The van der Waals surface area contributed by atoms with Crippen molar-refractivity contribution in [2.45, 2.75) is 38.2 Å². The summed E-state index contributed by atoms with van der Waals surface area (Å²) in [4.78, 5) is 4.11. The van der Waals surface area contributed by atoms with Crippen molar-refractivity contribution < 1.29 is 18.6 Å². The summed E-state index contributed by atoms with van der Waals surface area (Å²) >= 11 is 0. The number of nitrogens with zero attached hydrogens (tertiary/aromatic N) is 2. The molecule has 1 saturated heterocycles. The molecule has 2 aromatic carbocycles. The maximum absolute atomic E-state index is 13.2. The van der Waals surface area contributed by atoms with E-state index in [1.165, 1.54) is 12.1 Å². The van der Waals surface area contributed by atoms with Crippen LogP contribution in [0.2, 0.25) is 0 Å². The van der Waals surface area contributed by atoms with E-state index in [9.17, 15) is 4.39 Å². The van der Waals surface area contributed by atoms with E-state index >= 15 is 0 Å². The van der Waals surface area contributed by atoms with Crippen LogP contribution < -0.4 is 4.74 Å². The van der Waals surface area contributed by atoms with Gasteiger partial charge >= 0.3 is 0 Å². The summed E-state index contributed by atoms with van der Waals surface area (Å²) in [5, 5.41) is 0. The number of benzene rings is 2. The molecular formula is C23H25FN2O3. The van der Waals surface area contributed by atoms with Crippen LogP contribution in [0.3, 0.4) is 0 Å². The van der Waals surface area contributed by atoms with Gasteiger partial charge in [-0.05, 0) is 42.7 Å². The van der Waals surface area contributed by atoms with E-state index in [1.54, 1.807) is 24.7 Å². The van der Waals surface area contributed by atoms with Crippen LogP contribution in [0, 0.1) is 12.7 Å². The number of hydrogen-bond acceptors (Lipinski definition) is 4. The largest absolute Gasteiger partial charge is 0.491 e. The molecule has 1 aliphatic rings. The Hall–Kier alpha value is -2.70. The molecule has 152 valence electrons.